The van der Waals surface area contributed by atoms with E-state index in [9.17, 15) is 18.0 Å². The van der Waals surface area contributed by atoms with E-state index in [0.717, 1.165) is 6.42 Å². The third-order valence-corrected chi connectivity index (χ3v) is 2.96. The topological polar surface area (TPSA) is 41.1 Å². The van der Waals surface area contributed by atoms with Crippen LogP contribution in [0.15, 0.2) is 0 Å². The molecular weight excluding hydrogens is 257 g/mol. The van der Waals surface area contributed by atoms with Gasteiger partial charge in [-0.15, -0.1) is 0 Å². The first-order valence-corrected chi connectivity index (χ1v) is 6.84. The van der Waals surface area contributed by atoms with Crippen LogP contribution in [0.25, 0.3) is 0 Å². The van der Waals surface area contributed by atoms with Crippen molar-refractivity contribution >= 4 is 5.91 Å². The second-order valence-corrected chi connectivity index (χ2v) is 4.99. The quantitative estimate of drug-likeness (QED) is 0.682. The van der Waals surface area contributed by atoms with Crippen LogP contribution < -0.4 is 10.6 Å². The normalized spacial score (nSPS) is 15.1. The lowest BCUT2D eigenvalue weighted by Gasteiger charge is -2.15. The van der Waals surface area contributed by atoms with Gasteiger partial charge in [0.25, 0.3) is 0 Å². The third-order valence-electron chi connectivity index (χ3n) is 2.96. The molecule has 0 aromatic heterocycles. The number of carbonyl (C=O) groups is 1. The molecule has 0 aromatic rings. The monoisotopic (exact) mass is 282 g/mol. The van der Waals surface area contributed by atoms with Crippen molar-refractivity contribution in [3.05, 3.63) is 0 Å². The van der Waals surface area contributed by atoms with Gasteiger partial charge in [-0.1, -0.05) is 6.92 Å². The minimum atomic E-state index is -4.07. The van der Waals surface area contributed by atoms with Crippen LogP contribution >= 0.6 is 0 Å². The van der Waals surface area contributed by atoms with E-state index in [2.05, 4.69) is 10.6 Å². The zero-order valence-corrected chi connectivity index (χ0v) is 11.9. The summed E-state index contributed by atoms with van der Waals surface area (Å²) in [5.74, 6) is -0.0238. The first-order chi connectivity index (χ1) is 8.74. The van der Waals surface area contributed by atoms with Gasteiger partial charge in [0, 0.05) is 31.5 Å². The zero-order chi connectivity index (χ0) is 14.9. The molecule has 0 aliphatic rings. The number of carbonyl (C=O) groups excluding carboxylic acids is 1. The molecule has 0 fully saturated rings. The summed E-state index contributed by atoms with van der Waals surface area (Å²) >= 11 is 0. The SMILES string of the molecule is CCC(C)NC(=O)CCNC(C)CCCC(F)(F)F. The van der Waals surface area contributed by atoms with Crippen LogP contribution in [-0.2, 0) is 4.79 Å². The maximum atomic E-state index is 11.9. The van der Waals surface area contributed by atoms with Gasteiger partial charge < -0.3 is 10.6 Å². The molecule has 0 aliphatic heterocycles. The van der Waals surface area contributed by atoms with E-state index in [0.29, 0.717) is 19.4 Å². The molecule has 0 radical (unpaired) electrons. The first-order valence-electron chi connectivity index (χ1n) is 6.84. The number of amides is 1. The summed E-state index contributed by atoms with van der Waals surface area (Å²) in [5, 5.41) is 5.90. The van der Waals surface area contributed by atoms with Gasteiger partial charge >= 0.3 is 6.18 Å². The number of halogens is 3. The van der Waals surface area contributed by atoms with E-state index in [-0.39, 0.29) is 24.4 Å². The van der Waals surface area contributed by atoms with Gasteiger partial charge in [-0.25, -0.2) is 0 Å². The van der Waals surface area contributed by atoms with Crippen LogP contribution in [-0.4, -0.2) is 30.7 Å². The van der Waals surface area contributed by atoms with E-state index in [4.69, 9.17) is 0 Å². The standard InChI is InChI=1S/C13H25F3N2O/c1-4-10(2)18-12(19)7-9-17-11(3)6-5-8-13(14,15)16/h10-11,17H,4-9H2,1-3H3,(H,18,19). The smallest absolute Gasteiger partial charge is 0.354 e. The summed E-state index contributed by atoms with van der Waals surface area (Å²) in [6.45, 7) is 6.26. The Bertz CT molecular complexity index is 257. The average Bonchev–Trinajstić information content (AvgIpc) is 2.26. The third kappa shape index (κ3) is 12.0. The average molecular weight is 282 g/mol. The van der Waals surface area contributed by atoms with Crippen molar-refractivity contribution in [1.82, 2.24) is 10.6 Å². The fraction of sp³-hybridized carbons (Fsp3) is 0.923. The molecule has 2 unspecified atom stereocenters. The highest BCUT2D eigenvalue weighted by molar-refractivity contribution is 5.76. The van der Waals surface area contributed by atoms with Crippen LogP contribution in [0, 0.1) is 0 Å². The van der Waals surface area contributed by atoms with Gasteiger partial charge in [-0.3, -0.25) is 4.79 Å². The maximum absolute atomic E-state index is 11.9. The molecule has 0 aliphatic carbocycles. The van der Waals surface area contributed by atoms with E-state index in [1.54, 1.807) is 0 Å². The second-order valence-electron chi connectivity index (χ2n) is 4.99. The largest absolute Gasteiger partial charge is 0.389 e. The molecule has 0 saturated carbocycles. The molecule has 19 heavy (non-hydrogen) atoms. The highest BCUT2D eigenvalue weighted by Crippen LogP contribution is 2.22. The number of nitrogens with one attached hydrogen (secondary N) is 2. The Hall–Kier alpha value is -0.780. The summed E-state index contributed by atoms with van der Waals surface area (Å²) in [4.78, 5) is 11.4. The fourth-order valence-corrected chi connectivity index (χ4v) is 1.59. The van der Waals surface area contributed by atoms with Crippen LogP contribution in [0.3, 0.4) is 0 Å². The van der Waals surface area contributed by atoms with Crippen molar-refractivity contribution in [1.29, 1.82) is 0 Å². The van der Waals surface area contributed by atoms with Crippen molar-refractivity contribution in [3.63, 3.8) is 0 Å². The number of rotatable bonds is 9. The Labute approximate surface area is 113 Å². The van der Waals surface area contributed by atoms with Crippen LogP contribution in [0.1, 0.15) is 52.9 Å². The Morgan fingerprint density at radius 1 is 1.21 bits per heavy atom. The van der Waals surface area contributed by atoms with Gasteiger partial charge in [0.1, 0.15) is 0 Å². The van der Waals surface area contributed by atoms with E-state index in [1.165, 1.54) is 0 Å². The van der Waals surface area contributed by atoms with Gasteiger partial charge in [0.05, 0.1) is 0 Å². The van der Waals surface area contributed by atoms with Crippen molar-refractivity contribution in [2.24, 2.45) is 0 Å². The molecule has 0 spiro atoms. The minimum absolute atomic E-state index is 0.00116. The van der Waals surface area contributed by atoms with E-state index < -0.39 is 12.6 Å². The number of hydrogen-bond donors (Lipinski definition) is 2. The molecule has 2 atom stereocenters. The predicted molar refractivity (Wildman–Crippen MR) is 69.9 cm³/mol. The van der Waals surface area contributed by atoms with Crippen molar-refractivity contribution < 1.29 is 18.0 Å². The van der Waals surface area contributed by atoms with E-state index >= 15 is 0 Å². The Morgan fingerprint density at radius 2 is 1.84 bits per heavy atom. The molecule has 0 rings (SSSR count). The fourth-order valence-electron chi connectivity index (χ4n) is 1.59. The molecule has 0 heterocycles. The Morgan fingerprint density at radius 3 is 2.37 bits per heavy atom. The van der Waals surface area contributed by atoms with Crippen molar-refractivity contribution in [3.8, 4) is 0 Å². The summed E-state index contributed by atoms with van der Waals surface area (Å²) in [6.07, 6.45) is -2.99. The molecule has 0 bridgehead atoms. The van der Waals surface area contributed by atoms with Crippen LogP contribution in [0.2, 0.25) is 0 Å². The number of alkyl halides is 3. The minimum Gasteiger partial charge on any atom is -0.354 e. The summed E-state index contributed by atoms with van der Waals surface area (Å²) < 4.78 is 35.8. The van der Waals surface area contributed by atoms with Crippen molar-refractivity contribution in [2.75, 3.05) is 6.54 Å². The first kappa shape index (κ1) is 18.2. The van der Waals surface area contributed by atoms with Crippen LogP contribution in [0.5, 0.6) is 0 Å². The summed E-state index contributed by atoms with van der Waals surface area (Å²) in [5.41, 5.74) is 0. The molecule has 1 amide bonds. The van der Waals surface area contributed by atoms with Crippen LogP contribution in [0.4, 0.5) is 13.2 Å². The Balaban J connectivity index is 3.58. The van der Waals surface area contributed by atoms with Crippen molar-refractivity contribution in [2.45, 2.75) is 71.1 Å². The highest BCUT2D eigenvalue weighted by atomic mass is 19.4. The molecule has 3 nitrogen and oxygen atoms in total. The summed E-state index contributed by atoms with van der Waals surface area (Å²) in [7, 11) is 0. The van der Waals surface area contributed by atoms with Gasteiger partial charge in [-0.2, -0.15) is 13.2 Å². The predicted octanol–water partition coefficient (Wildman–Crippen LogP) is 3.00. The lowest BCUT2D eigenvalue weighted by Crippen LogP contribution is -2.35. The Kier molecular flexibility index (Phi) is 8.80. The summed E-state index contributed by atoms with van der Waals surface area (Å²) in [6, 6.07) is 0.162. The molecule has 2 N–H and O–H groups in total. The maximum Gasteiger partial charge on any atom is 0.389 e. The highest BCUT2D eigenvalue weighted by Gasteiger charge is 2.26. The lowest BCUT2D eigenvalue weighted by molar-refractivity contribution is -0.135. The molecule has 114 valence electrons. The van der Waals surface area contributed by atoms with Gasteiger partial charge in [-0.05, 0) is 33.1 Å². The second kappa shape index (κ2) is 9.18. The molecule has 0 saturated heterocycles. The van der Waals surface area contributed by atoms with Gasteiger partial charge in [0.15, 0.2) is 0 Å². The molecule has 0 aromatic carbocycles. The lowest BCUT2D eigenvalue weighted by atomic mass is 10.1. The zero-order valence-electron chi connectivity index (χ0n) is 11.9. The number of hydrogen-bond acceptors (Lipinski definition) is 2. The molecular formula is C13H25F3N2O. The van der Waals surface area contributed by atoms with E-state index in [1.807, 2.05) is 20.8 Å². The molecule has 6 heteroatoms. The van der Waals surface area contributed by atoms with Gasteiger partial charge in [0.2, 0.25) is 5.91 Å².